The number of carbonyl (C=O) groups is 1. The highest BCUT2D eigenvalue weighted by Gasteiger charge is 2.19. The molecule has 1 atom stereocenters. The van der Waals surface area contributed by atoms with Crippen molar-refractivity contribution in [3.8, 4) is 0 Å². The van der Waals surface area contributed by atoms with Crippen molar-refractivity contribution >= 4 is 17.3 Å². The van der Waals surface area contributed by atoms with E-state index in [0.717, 1.165) is 57.1 Å². The first-order valence-electron chi connectivity index (χ1n) is 9.96. The summed E-state index contributed by atoms with van der Waals surface area (Å²) in [6.45, 7) is 8.46. The van der Waals surface area contributed by atoms with Crippen molar-refractivity contribution in [1.29, 1.82) is 0 Å². The van der Waals surface area contributed by atoms with Crippen LogP contribution in [0.15, 0.2) is 48.5 Å². The molecule has 0 saturated carbocycles. The van der Waals surface area contributed by atoms with Crippen LogP contribution >= 0.6 is 0 Å². The van der Waals surface area contributed by atoms with E-state index in [0.29, 0.717) is 5.56 Å². The Hall–Kier alpha value is -2.57. The zero-order valence-electron chi connectivity index (χ0n) is 16.6. The summed E-state index contributed by atoms with van der Waals surface area (Å²) in [5.74, 6) is -0.398. The molecular weight excluding hydrogens is 350 g/mol. The van der Waals surface area contributed by atoms with Crippen LogP contribution in [0.25, 0.3) is 0 Å². The highest BCUT2D eigenvalue weighted by atomic mass is 16.1. The van der Waals surface area contributed by atoms with Crippen molar-refractivity contribution in [2.45, 2.75) is 19.4 Å². The maximum atomic E-state index is 11.6. The van der Waals surface area contributed by atoms with Crippen LogP contribution in [-0.2, 0) is 6.42 Å². The Morgan fingerprint density at radius 1 is 1.04 bits per heavy atom. The Balaban J connectivity index is 1.41. The Bertz CT molecular complexity index is 769. The van der Waals surface area contributed by atoms with Crippen LogP contribution in [0, 0.1) is 0 Å². The van der Waals surface area contributed by atoms with Crippen LogP contribution in [0.4, 0.5) is 11.4 Å². The van der Waals surface area contributed by atoms with Gasteiger partial charge in [0.15, 0.2) is 0 Å². The van der Waals surface area contributed by atoms with E-state index in [1.165, 1.54) is 5.56 Å². The van der Waals surface area contributed by atoms with E-state index in [1.807, 2.05) is 30.3 Å². The van der Waals surface area contributed by atoms with Gasteiger partial charge in [-0.25, -0.2) is 0 Å². The summed E-state index contributed by atoms with van der Waals surface area (Å²) in [6, 6.07) is 15.8. The second-order valence-corrected chi connectivity index (χ2v) is 7.59. The van der Waals surface area contributed by atoms with Crippen LogP contribution in [0.5, 0.6) is 0 Å². The van der Waals surface area contributed by atoms with E-state index in [4.69, 9.17) is 11.5 Å². The second kappa shape index (κ2) is 9.57. The number of hydrogen-bond donors (Lipinski definition) is 3. The number of carbonyl (C=O) groups excluding carboxylic acids is 1. The van der Waals surface area contributed by atoms with Gasteiger partial charge in [-0.15, -0.1) is 0 Å². The van der Waals surface area contributed by atoms with Gasteiger partial charge in [-0.2, -0.15) is 0 Å². The molecule has 0 aromatic heterocycles. The molecule has 1 saturated heterocycles. The molecule has 1 heterocycles. The quantitative estimate of drug-likeness (QED) is 0.609. The molecule has 5 N–H and O–H groups in total. The van der Waals surface area contributed by atoms with Crippen LogP contribution in [0.1, 0.15) is 22.8 Å². The third-order valence-electron chi connectivity index (χ3n) is 5.29. The fraction of sp³-hybridized carbons (Fsp3) is 0.409. The summed E-state index contributed by atoms with van der Waals surface area (Å²) in [5.41, 5.74) is 14.7. The summed E-state index contributed by atoms with van der Waals surface area (Å²) in [7, 11) is 0. The van der Waals surface area contributed by atoms with Crippen molar-refractivity contribution < 1.29 is 4.79 Å². The molecule has 1 amide bonds. The van der Waals surface area contributed by atoms with Crippen molar-refractivity contribution in [2.75, 3.05) is 50.3 Å². The predicted octanol–water partition coefficient (Wildman–Crippen LogP) is 2.03. The van der Waals surface area contributed by atoms with E-state index >= 15 is 0 Å². The minimum Gasteiger partial charge on any atom is -0.399 e. The summed E-state index contributed by atoms with van der Waals surface area (Å²) >= 11 is 0. The molecule has 6 nitrogen and oxygen atoms in total. The van der Waals surface area contributed by atoms with E-state index in [9.17, 15) is 4.79 Å². The highest BCUT2D eigenvalue weighted by molar-refractivity contribution is 5.98. The number of anilines is 2. The summed E-state index contributed by atoms with van der Waals surface area (Å²) in [6.07, 6.45) is 1.06. The van der Waals surface area contributed by atoms with Gasteiger partial charge in [-0.3, -0.25) is 9.69 Å². The molecule has 2 aromatic carbocycles. The molecule has 1 aliphatic heterocycles. The summed E-state index contributed by atoms with van der Waals surface area (Å²) < 4.78 is 0. The van der Waals surface area contributed by atoms with Gasteiger partial charge in [-0.05, 0) is 43.2 Å². The predicted molar refractivity (Wildman–Crippen MR) is 115 cm³/mol. The fourth-order valence-corrected chi connectivity index (χ4v) is 3.69. The van der Waals surface area contributed by atoms with Gasteiger partial charge in [0.1, 0.15) is 0 Å². The Morgan fingerprint density at radius 3 is 2.36 bits per heavy atom. The maximum absolute atomic E-state index is 11.6. The number of nitrogens with zero attached hydrogens (tertiary/aromatic N) is 2. The van der Waals surface area contributed by atoms with E-state index < -0.39 is 5.91 Å². The number of benzene rings is 2. The molecule has 1 aliphatic rings. The molecule has 28 heavy (non-hydrogen) atoms. The topological polar surface area (TPSA) is 87.6 Å². The zero-order valence-corrected chi connectivity index (χ0v) is 16.6. The smallest absolute Gasteiger partial charge is 0.250 e. The molecule has 2 aromatic rings. The van der Waals surface area contributed by atoms with Crippen molar-refractivity contribution in [1.82, 2.24) is 9.80 Å². The molecule has 6 heteroatoms. The molecule has 150 valence electrons. The van der Waals surface area contributed by atoms with Crippen molar-refractivity contribution in [2.24, 2.45) is 5.73 Å². The fourth-order valence-electron chi connectivity index (χ4n) is 3.69. The highest BCUT2D eigenvalue weighted by Crippen LogP contribution is 2.16. The Labute approximate surface area is 167 Å². The number of piperazine rings is 1. The number of primary amides is 1. The van der Waals surface area contributed by atoms with Gasteiger partial charge >= 0.3 is 0 Å². The standard InChI is InChI=1S/C22H31N5O/c1-17(25-21-5-3-2-4-20(21)22(24)28)16-27-14-12-26(13-15-27)11-10-18-6-8-19(23)9-7-18/h2-9,17,25H,10-16,23H2,1H3,(H2,24,28). The summed E-state index contributed by atoms with van der Waals surface area (Å²) in [4.78, 5) is 16.6. The molecule has 3 rings (SSSR count). The molecular formula is C22H31N5O. The number of rotatable bonds is 8. The lowest BCUT2D eigenvalue weighted by Gasteiger charge is -2.36. The van der Waals surface area contributed by atoms with Crippen molar-refractivity contribution in [3.05, 3.63) is 59.7 Å². The van der Waals surface area contributed by atoms with Gasteiger partial charge in [0.2, 0.25) is 0 Å². The molecule has 0 spiro atoms. The number of hydrogen-bond acceptors (Lipinski definition) is 5. The largest absolute Gasteiger partial charge is 0.399 e. The summed E-state index contributed by atoms with van der Waals surface area (Å²) in [5, 5.41) is 3.44. The zero-order chi connectivity index (χ0) is 19.9. The Kier molecular flexibility index (Phi) is 6.90. The first-order valence-corrected chi connectivity index (χ1v) is 9.96. The maximum Gasteiger partial charge on any atom is 0.250 e. The molecule has 0 radical (unpaired) electrons. The lowest BCUT2D eigenvalue weighted by molar-refractivity contribution is 0.100. The minimum atomic E-state index is -0.398. The number of amides is 1. The normalized spacial score (nSPS) is 16.6. The van der Waals surface area contributed by atoms with Crippen LogP contribution in [0.3, 0.4) is 0 Å². The van der Waals surface area contributed by atoms with Crippen LogP contribution < -0.4 is 16.8 Å². The number of nitrogens with two attached hydrogens (primary N) is 2. The lowest BCUT2D eigenvalue weighted by Crippen LogP contribution is -2.49. The van der Waals surface area contributed by atoms with Gasteiger partial charge in [0, 0.05) is 56.7 Å². The van der Waals surface area contributed by atoms with Crippen molar-refractivity contribution in [3.63, 3.8) is 0 Å². The van der Waals surface area contributed by atoms with Crippen LogP contribution in [-0.4, -0.2) is 61.0 Å². The first kappa shape index (κ1) is 20.2. The van der Waals surface area contributed by atoms with E-state index in [2.05, 4.69) is 34.2 Å². The monoisotopic (exact) mass is 381 g/mol. The molecule has 1 unspecified atom stereocenters. The number of nitrogen functional groups attached to an aromatic ring is 1. The number of para-hydroxylation sites is 1. The first-order chi connectivity index (χ1) is 13.5. The van der Waals surface area contributed by atoms with E-state index in [1.54, 1.807) is 6.07 Å². The average Bonchev–Trinajstić information content (AvgIpc) is 2.69. The molecule has 0 aliphatic carbocycles. The van der Waals surface area contributed by atoms with Gasteiger partial charge in [0.05, 0.1) is 5.56 Å². The Morgan fingerprint density at radius 2 is 1.68 bits per heavy atom. The second-order valence-electron chi connectivity index (χ2n) is 7.59. The van der Waals surface area contributed by atoms with Gasteiger partial charge < -0.3 is 21.7 Å². The number of nitrogens with one attached hydrogen (secondary N) is 1. The SMILES string of the molecule is CC(CN1CCN(CCc2ccc(N)cc2)CC1)Nc1ccccc1C(N)=O. The third kappa shape index (κ3) is 5.71. The molecule has 0 bridgehead atoms. The van der Waals surface area contributed by atoms with Gasteiger partial charge in [-0.1, -0.05) is 24.3 Å². The van der Waals surface area contributed by atoms with Gasteiger partial charge in [0.25, 0.3) is 5.91 Å². The average molecular weight is 382 g/mol. The lowest BCUT2D eigenvalue weighted by atomic mass is 10.1. The van der Waals surface area contributed by atoms with E-state index in [-0.39, 0.29) is 6.04 Å². The third-order valence-corrected chi connectivity index (χ3v) is 5.29. The molecule has 1 fully saturated rings. The van der Waals surface area contributed by atoms with Crippen LogP contribution in [0.2, 0.25) is 0 Å². The minimum absolute atomic E-state index is 0.238.